The van der Waals surface area contributed by atoms with Crippen molar-refractivity contribution in [1.82, 2.24) is 4.57 Å². The number of aromatic nitrogens is 1. The van der Waals surface area contributed by atoms with Crippen LogP contribution in [0.5, 0.6) is 0 Å². The zero-order valence-electron chi connectivity index (χ0n) is 8.16. The Hall–Kier alpha value is -0.830. The smallest absolute Gasteiger partial charge is 0.120 e. The number of hydrogen-bond acceptors (Lipinski definition) is 1. The second kappa shape index (κ2) is 4.42. The van der Waals surface area contributed by atoms with Gasteiger partial charge in [-0.25, -0.2) is 0 Å². The number of nitrogens with two attached hydrogens (primary N) is 1. The van der Waals surface area contributed by atoms with Crippen molar-refractivity contribution in [1.29, 1.82) is 0 Å². The van der Waals surface area contributed by atoms with Crippen LogP contribution in [0.25, 0.3) is 0 Å². The Morgan fingerprint density at radius 1 is 1.54 bits per heavy atom. The summed E-state index contributed by atoms with van der Waals surface area (Å²) in [7, 11) is 0. The van der Waals surface area contributed by atoms with Crippen molar-refractivity contribution >= 4 is 17.2 Å². The molecule has 0 aliphatic rings. The average Bonchev–Trinajstić information content (AvgIpc) is 2.55. The normalized spacial score (nSPS) is 10.7. The molecule has 0 unspecified atom stereocenters. The Morgan fingerprint density at radius 3 is 2.62 bits per heavy atom. The quantitative estimate of drug-likeness (QED) is 0.750. The average molecular weight is 196 g/mol. The zero-order chi connectivity index (χ0) is 9.84. The summed E-state index contributed by atoms with van der Waals surface area (Å²) in [5.74, 6) is 0. The van der Waals surface area contributed by atoms with Crippen LogP contribution in [-0.2, 0) is 0 Å². The maximum atomic E-state index is 5.62. The molecular weight excluding hydrogens is 180 g/mol. The summed E-state index contributed by atoms with van der Waals surface area (Å²) in [4.78, 5) is 0.483. The van der Waals surface area contributed by atoms with Crippen LogP contribution in [0.1, 0.15) is 38.4 Å². The van der Waals surface area contributed by atoms with Gasteiger partial charge in [-0.15, -0.1) is 0 Å². The van der Waals surface area contributed by atoms with E-state index in [0.29, 0.717) is 11.0 Å². The lowest BCUT2D eigenvalue weighted by atomic mass is 10.1. The van der Waals surface area contributed by atoms with Gasteiger partial charge >= 0.3 is 0 Å². The predicted molar refractivity (Wildman–Crippen MR) is 59.9 cm³/mol. The summed E-state index contributed by atoms with van der Waals surface area (Å²) in [6.45, 7) is 4.36. The monoisotopic (exact) mass is 196 g/mol. The molecule has 0 radical (unpaired) electrons. The van der Waals surface area contributed by atoms with Gasteiger partial charge in [0.1, 0.15) is 4.99 Å². The van der Waals surface area contributed by atoms with Crippen molar-refractivity contribution in [2.75, 3.05) is 0 Å². The van der Waals surface area contributed by atoms with E-state index in [1.165, 1.54) is 0 Å². The van der Waals surface area contributed by atoms with Gasteiger partial charge in [0.2, 0.25) is 0 Å². The van der Waals surface area contributed by atoms with Crippen LogP contribution in [0.3, 0.4) is 0 Å². The van der Waals surface area contributed by atoms with E-state index in [-0.39, 0.29) is 0 Å². The number of rotatable bonds is 4. The molecule has 1 aromatic rings. The van der Waals surface area contributed by atoms with E-state index in [2.05, 4.69) is 18.4 Å². The first-order chi connectivity index (χ1) is 6.20. The van der Waals surface area contributed by atoms with E-state index >= 15 is 0 Å². The first-order valence-electron chi connectivity index (χ1n) is 4.67. The highest BCUT2D eigenvalue weighted by Gasteiger charge is 2.10. The topological polar surface area (TPSA) is 30.9 Å². The maximum absolute atomic E-state index is 5.62. The van der Waals surface area contributed by atoms with Crippen LogP contribution in [0.4, 0.5) is 0 Å². The number of thiocarbonyl (C=S) groups is 1. The molecule has 1 aromatic heterocycles. The van der Waals surface area contributed by atoms with E-state index in [1.54, 1.807) is 0 Å². The molecule has 1 heterocycles. The van der Waals surface area contributed by atoms with E-state index in [9.17, 15) is 0 Å². The van der Waals surface area contributed by atoms with Gasteiger partial charge in [-0.2, -0.15) is 0 Å². The van der Waals surface area contributed by atoms with Gasteiger partial charge < -0.3 is 10.3 Å². The summed E-state index contributed by atoms with van der Waals surface area (Å²) >= 11 is 4.98. The van der Waals surface area contributed by atoms with Crippen LogP contribution in [0.15, 0.2) is 18.3 Å². The molecule has 0 fully saturated rings. The Labute approximate surface area is 84.7 Å². The fourth-order valence-corrected chi connectivity index (χ4v) is 1.78. The Bertz CT molecular complexity index is 287. The van der Waals surface area contributed by atoms with Crippen molar-refractivity contribution in [3.05, 3.63) is 24.0 Å². The lowest BCUT2D eigenvalue weighted by Crippen LogP contribution is -2.18. The van der Waals surface area contributed by atoms with Crippen LogP contribution < -0.4 is 5.73 Å². The van der Waals surface area contributed by atoms with Crippen molar-refractivity contribution < 1.29 is 0 Å². The molecule has 0 aromatic carbocycles. The zero-order valence-corrected chi connectivity index (χ0v) is 8.97. The van der Waals surface area contributed by atoms with Gasteiger partial charge in [0.25, 0.3) is 0 Å². The molecule has 2 N–H and O–H groups in total. The SMILES string of the molecule is CCC(CC)n1cccc1C(N)=S. The summed E-state index contributed by atoms with van der Waals surface area (Å²) in [6.07, 6.45) is 4.27. The summed E-state index contributed by atoms with van der Waals surface area (Å²) in [5, 5.41) is 0. The predicted octanol–water partition coefficient (Wildman–Crippen LogP) is 2.48. The largest absolute Gasteiger partial charge is 0.388 e. The van der Waals surface area contributed by atoms with Crippen molar-refractivity contribution in [2.24, 2.45) is 5.73 Å². The minimum Gasteiger partial charge on any atom is -0.388 e. The second-order valence-electron chi connectivity index (χ2n) is 3.14. The van der Waals surface area contributed by atoms with E-state index < -0.39 is 0 Å². The molecule has 0 spiro atoms. The van der Waals surface area contributed by atoms with Gasteiger partial charge in [0, 0.05) is 12.2 Å². The van der Waals surface area contributed by atoms with Crippen molar-refractivity contribution in [2.45, 2.75) is 32.7 Å². The first kappa shape index (κ1) is 10.3. The Balaban J connectivity index is 2.98. The fraction of sp³-hybridized carbons (Fsp3) is 0.500. The van der Waals surface area contributed by atoms with E-state index in [1.807, 2.05) is 18.3 Å². The van der Waals surface area contributed by atoms with Crippen molar-refractivity contribution in [3.8, 4) is 0 Å². The highest BCUT2D eigenvalue weighted by Crippen LogP contribution is 2.18. The summed E-state index contributed by atoms with van der Waals surface area (Å²) < 4.78 is 2.17. The van der Waals surface area contributed by atoms with Gasteiger partial charge in [-0.3, -0.25) is 0 Å². The van der Waals surface area contributed by atoms with Gasteiger partial charge in [0.05, 0.1) is 5.69 Å². The molecule has 0 bridgehead atoms. The van der Waals surface area contributed by atoms with E-state index in [0.717, 1.165) is 18.5 Å². The molecule has 2 nitrogen and oxygen atoms in total. The van der Waals surface area contributed by atoms with Crippen LogP contribution in [-0.4, -0.2) is 9.56 Å². The third kappa shape index (κ3) is 2.10. The Morgan fingerprint density at radius 2 is 2.15 bits per heavy atom. The second-order valence-corrected chi connectivity index (χ2v) is 3.58. The maximum Gasteiger partial charge on any atom is 0.120 e. The van der Waals surface area contributed by atoms with Gasteiger partial charge in [-0.05, 0) is 25.0 Å². The molecule has 0 aliphatic heterocycles. The molecule has 0 atom stereocenters. The number of hydrogen-bond donors (Lipinski definition) is 1. The molecule has 0 saturated carbocycles. The highest BCUT2D eigenvalue weighted by atomic mass is 32.1. The standard InChI is InChI=1S/C10H16N2S/c1-3-8(4-2)12-7-5-6-9(12)10(11)13/h5-8H,3-4H2,1-2H3,(H2,11,13). The third-order valence-electron chi connectivity index (χ3n) is 2.37. The summed E-state index contributed by atoms with van der Waals surface area (Å²) in [6, 6.07) is 4.49. The summed E-state index contributed by atoms with van der Waals surface area (Å²) in [5.41, 5.74) is 6.59. The first-order valence-corrected chi connectivity index (χ1v) is 5.08. The molecule has 1 rings (SSSR count). The Kier molecular flexibility index (Phi) is 3.48. The lowest BCUT2D eigenvalue weighted by Gasteiger charge is -2.17. The minimum absolute atomic E-state index is 0.483. The highest BCUT2D eigenvalue weighted by molar-refractivity contribution is 7.80. The molecule has 72 valence electrons. The van der Waals surface area contributed by atoms with Crippen molar-refractivity contribution in [3.63, 3.8) is 0 Å². The third-order valence-corrected chi connectivity index (χ3v) is 2.58. The molecule has 0 aliphatic carbocycles. The van der Waals surface area contributed by atoms with Gasteiger partial charge in [0.15, 0.2) is 0 Å². The van der Waals surface area contributed by atoms with Crippen LogP contribution in [0, 0.1) is 0 Å². The number of nitrogens with zero attached hydrogens (tertiary/aromatic N) is 1. The molecule has 0 amide bonds. The van der Waals surface area contributed by atoms with Gasteiger partial charge in [-0.1, -0.05) is 26.1 Å². The molecule has 3 heteroatoms. The van der Waals surface area contributed by atoms with E-state index in [4.69, 9.17) is 18.0 Å². The van der Waals surface area contributed by atoms with Crippen LogP contribution in [0.2, 0.25) is 0 Å². The molecule has 13 heavy (non-hydrogen) atoms. The minimum atomic E-state index is 0.483. The van der Waals surface area contributed by atoms with Crippen LogP contribution >= 0.6 is 12.2 Å². The molecular formula is C10H16N2S. The fourth-order valence-electron chi connectivity index (χ4n) is 1.60. The molecule has 0 saturated heterocycles. The lowest BCUT2D eigenvalue weighted by molar-refractivity contribution is 0.471.